The Hall–Kier alpha value is -1.67. The van der Waals surface area contributed by atoms with E-state index in [1.54, 1.807) is 0 Å². The van der Waals surface area contributed by atoms with Gasteiger partial charge in [-0.2, -0.15) is 0 Å². The molecule has 0 heterocycles. The van der Waals surface area contributed by atoms with E-state index in [1.165, 1.54) is 22.3 Å². The van der Waals surface area contributed by atoms with E-state index in [2.05, 4.69) is 49.3 Å². The van der Waals surface area contributed by atoms with Crippen LogP contribution in [0.2, 0.25) is 0 Å². The molecule has 1 atom stereocenters. The fourth-order valence-electron chi connectivity index (χ4n) is 3.59. The van der Waals surface area contributed by atoms with Crippen LogP contribution in [0.1, 0.15) is 24.0 Å². The topological polar surface area (TPSA) is 3.24 Å². The van der Waals surface area contributed by atoms with Gasteiger partial charge in [0.25, 0.3) is 0 Å². The molecule has 0 amide bonds. The van der Waals surface area contributed by atoms with Gasteiger partial charge in [0.1, 0.15) is 0 Å². The molecule has 0 N–H and O–H groups in total. The van der Waals surface area contributed by atoms with Gasteiger partial charge >= 0.3 is 0 Å². The largest absolute Gasteiger partial charge is 0.309 e. The molecule has 1 aromatic carbocycles. The zero-order chi connectivity index (χ0) is 15.5. The van der Waals surface area contributed by atoms with Crippen molar-refractivity contribution in [3.05, 3.63) is 70.6 Å². The van der Waals surface area contributed by atoms with Crippen LogP contribution in [0, 0.1) is 5.92 Å². The van der Waals surface area contributed by atoms with E-state index in [0.29, 0.717) is 5.92 Å². The lowest BCUT2D eigenvalue weighted by Crippen LogP contribution is -2.19. The molecule has 1 aromatic rings. The minimum Gasteiger partial charge on any atom is -0.309 e. The van der Waals surface area contributed by atoms with Crippen LogP contribution in [0.15, 0.2) is 59.5 Å². The van der Waals surface area contributed by atoms with Crippen molar-refractivity contribution < 1.29 is 4.39 Å². The first-order valence-corrected chi connectivity index (χ1v) is 8.08. The quantitative estimate of drug-likeness (QED) is 0.796. The first-order chi connectivity index (χ1) is 10.7. The van der Waals surface area contributed by atoms with Crippen molar-refractivity contribution >= 4 is 0 Å². The highest BCUT2D eigenvalue weighted by molar-refractivity contribution is 5.47. The summed E-state index contributed by atoms with van der Waals surface area (Å²) in [5, 5.41) is 0. The molecular weight excluding hydrogens is 273 g/mol. The van der Waals surface area contributed by atoms with Crippen LogP contribution in [-0.4, -0.2) is 25.5 Å². The Bertz CT molecular complexity index is 637. The summed E-state index contributed by atoms with van der Waals surface area (Å²) in [6.45, 7) is 1.09. The maximum Gasteiger partial charge on any atom is 0.0902 e. The Morgan fingerprint density at radius 2 is 1.91 bits per heavy atom. The van der Waals surface area contributed by atoms with Crippen LogP contribution in [0.25, 0.3) is 0 Å². The average molecular weight is 297 g/mol. The standard InChI is InChI=1S/C20H24FN/c1-22(2)10-9-18-12-16-5-3-4-6-17(16)13-19-11-15(14-21)7-8-20(18)19/h3-8,14,18H,9-13H2,1-2H3. The lowest BCUT2D eigenvalue weighted by atomic mass is 9.83. The lowest BCUT2D eigenvalue weighted by molar-refractivity contribution is 0.367. The number of fused-ring (bicyclic) bond motifs is 1. The maximum atomic E-state index is 12.9. The third-order valence-corrected chi connectivity index (χ3v) is 4.80. The van der Waals surface area contributed by atoms with E-state index >= 15 is 0 Å². The van der Waals surface area contributed by atoms with Crippen molar-refractivity contribution in [1.82, 2.24) is 4.90 Å². The third kappa shape index (κ3) is 3.22. The number of allylic oxidation sites excluding steroid dienone is 5. The van der Waals surface area contributed by atoms with E-state index in [-0.39, 0.29) is 0 Å². The summed E-state index contributed by atoms with van der Waals surface area (Å²) in [6.07, 6.45) is 8.85. The van der Waals surface area contributed by atoms with E-state index in [0.717, 1.165) is 44.1 Å². The smallest absolute Gasteiger partial charge is 0.0902 e. The van der Waals surface area contributed by atoms with Crippen molar-refractivity contribution in [1.29, 1.82) is 0 Å². The monoisotopic (exact) mass is 297 g/mol. The molecule has 0 aromatic heterocycles. The molecule has 0 saturated carbocycles. The molecule has 0 radical (unpaired) electrons. The number of benzene rings is 1. The maximum absolute atomic E-state index is 12.9. The van der Waals surface area contributed by atoms with Gasteiger partial charge in [-0.1, -0.05) is 42.0 Å². The second kappa shape index (κ2) is 6.62. The van der Waals surface area contributed by atoms with Crippen molar-refractivity contribution in [3.8, 4) is 0 Å². The second-order valence-electron chi connectivity index (χ2n) is 6.69. The van der Waals surface area contributed by atoms with Gasteiger partial charge in [0.15, 0.2) is 0 Å². The van der Waals surface area contributed by atoms with E-state index < -0.39 is 0 Å². The number of hydrogen-bond donors (Lipinski definition) is 0. The summed E-state index contributed by atoms with van der Waals surface area (Å²) < 4.78 is 12.9. The van der Waals surface area contributed by atoms with Crippen LogP contribution >= 0.6 is 0 Å². The van der Waals surface area contributed by atoms with Crippen LogP contribution in [0.5, 0.6) is 0 Å². The second-order valence-corrected chi connectivity index (χ2v) is 6.69. The van der Waals surface area contributed by atoms with Gasteiger partial charge in [-0.05, 0) is 74.5 Å². The molecular formula is C20H24FN. The highest BCUT2D eigenvalue weighted by atomic mass is 19.1. The van der Waals surface area contributed by atoms with Crippen molar-refractivity contribution in [2.75, 3.05) is 20.6 Å². The SMILES string of the molecule is CN(C)CCC1Cc2ccccc2CC2=C1C=CC(=CF)C2. The predicted octanol–water partition coefficient (Wildman–Crippen LogP) is 4.46. The zero-order valence-electron chi connectivity index (χ0n) is 13.5. The number of hydrogen-bond acceptors (Lipinski definition) is 1. The molecule has 0 bridgehead atoms. The molecule has 3 rings (SSSR count). The highest BCUT2D eigenvalue weighted by Gasteiger charge is 2.25. The Morgan fingerprint density at radius 3 is 2.64 bits per heavy atom. The molecule has 2 heteroatoms. The van der Waals surface area contributed by atoms with Gasteiger partial charge in [-0.15, -0.1) is 0 Å². The lowest BCUT2D eigenvalue weighted by Gasteiger charge is -2.24. The van der Waals surface area contributed by atoms with Gasteiger partial charge in [0.2, 0.25) is 0 Å². The molecule has 1 nitrogen and oxygen atoms in total. The molecule has 2 aliphatic rings. The molecule has 0 saturated heterocycles. The molecule has 22 heavy (non-hydrogen) atoms. The predicted molar refractivity (Wildman–Crippen MR) is 90.5 cm³/mol. The minimum absolute atomic E-state index is 0.540. The van der Waals surface area contributed by atoms with Gasteiger partial charge in [-0.3, -0.25) is 0 Å². The number of halogens is 1. The zero-order valence-corrected chi connectivity index (χ0v) is 13.5. The van der Waals surface area contributed by atoms with Crippen LogP contribution in [0.3, 0.4) is 0 Å². The van der Waals surface area contributed by atoms with Crippen molar-refractivity contribution in [2.24, 2.45) is 5.92 Å². The Labute approximate surface area is 132 Å². The summed E-state index contributed by atoms with van der Waals surface area (Å²) in [7, 11) is 4.25. The van der Waals surface area contributed by atoms with Gasteiger partial charge in [-0.25, -0.2) is 4.39 Å². The van der Waals surface area contributed by atoms with E-state index in [1.807, 2.05) is 6.08 Å². The van der Waals surface area contributed by atoms with Gasteiger partial charge < -0.3 is 4.90 Å². The fraction of sp³-hybridized carbons (Fsp3) is 0.400. The normalized spacial score (nSPS) is 22.7. The molecule has 1 unspecified atom stereocenters. The van der Waals surface area contributed by atoms with Crippen LogP contribution in [0.4, 0.5) is 4.39 Å². The first-order valence-electron chi connectivity index (χ1n) is 8.08. The number of nitrogens with zero attached hydrogens (tertiary/aromatic N) is 1. The molecule has 0 spiro atoms. The minimum atomic E-state index is 0.540. The van der Waals surface area contributed by atoms with E-state index in [4.69, 9.17) is 0 Å². The Morgan fingerprint density at radius 1 is 1.14 bits per heavy atom. The van der Waals surface area contributed by atoms with Crippen molar-refractivity contribution in [3.63, 3.8) is 0 Å². The third-order valence-electron chi connectivity index (χ3n) is 4.80. The summed E-state index contributed by atoms with van der Waals surface area (Å²) in [5.41, 5.74) is 6.52. The summed E-state index contributed by atoms with van der Waals surface area (Å²) in [5.74, 6) is 0.540. The highest BCUT2D eigenvalue weighted by Crippen LogP contribution is 2.37. The molecule has 0 aliphatic heterocycles. The van der Waals surface area contributed by atoms with Crippen molar-refractivity contribution in [2.45, 2.75) is 25.7 Å². The Kier molecular flexibility index (Phi) is 4.58. The van der Waals surface area contributed by atoms with Gasteiger partial charge in [0.05, 0.1) is 6.33 Å². The summed E-state index contributed by atoms with van der Waals surface area (Å²) >= 11 is 0. The fourth-order valence-corrected chi connectivity index (χ4v) is 3.59. The van der Waals surface area contributed by atoms with Crippen LogP contribution < -0.4 is 0 Å². The summed E-state index contributed by atoms with van der Waals surface area (Å²) in [4.78, 5) is 2.25. The molecule has 116 valence electrons. The van der Waals surface area contributed by atoms with Crippen LogP contribution in [-0.2, 0) is 12.8 Å². The molecule has 2 aliphatic carbocycles. The average Bonchev–Trinajstić information content (AvgIpc) is 2.68. The summed E-state index contributed by atoms with van der Waals surface area (Å²) in [6, 6.07) is 8.73. The van der Waals surface area contributed by atoms with Gasteiger partial charge in [0, 0.05) is 0 Å². The first kappa shape index (κ1) is 15.2. The van der Waals surface area contributed by atoms with E-state index in [9.17, 15) is 4.39 Å². The Balaban J connectivity index is 1.95. The molecule has 0 fully saturated rings. The number of rotatable bonds is 3.